The highest BCUT2D eigenvalue weighted by Crippen LogP contribution is 2.38. The highest BCUT2D eigenvalue weighted by Gasteiger charge is 2.31. The third-order valence-electron chi connectivity index (χ3n) is 7.58. The summed E-state index contributed by atoms with van der Waals surface area (Å²) in [5.41, 5.74) is 9.01. The zero-order valence-corrected chi connectivity index (χ0v) is 23.1. The van der Waals surface area contributed by atoms with Crippen molar-refractivity contribution in [3.05, 3.63) is 112 Å². The Kier molecular flexibility index (Phi) is 10.3. The van der Waals surface area contributed by atoms with Gasteiger partial charge in [0.25, 0.3) is 0 Å². The monoisotopic (exact) mass is 544 g/mol. The lowest BCUT2D eigenvalue weighted by Crippen LogP contribution is -2.50. The van der Waals surface area contributed by atoms with Crippen molar-refractivity contribution in [3.63, 3.8) is 0 Å². The number of hydrogen-bond donors (Lipinski definition) is 1. The minimum absolute atomic E-state index is 0. The highest BCUT2D eigenvalue weighted by atomic mass is 35.5. The van der Waals surface area contributed by atoms with Gasteiger partial charge in [-0.05, 0) is 90.8 Å². The molecule has 0 radical (unpaired) electrons. The van der Waals surface area contributed by atoms with E-state index in [4.69, 9.17) is 0 Å². The molecule has 1 heterocycles. The Morgan fingerprint density at radius 3 is 1.95 bits per heavy atom. The third kappa shape index (κ3) is 6.61. The van der Waals surface area contributed by atoms with Crippen molar-refractivity contribution in [1.29, 1.82) is 0 Å². The predicted octanol–water partition coefficient (Wildman–Crippen LogP) is 7.25. The van der Waals surface area contributed by atoms with Crippen molar-refractivity contribution in [2.45, 2.75) is 45.1 Å². The van der Waals surface area contributed by atoms with Gasteiger partial charge in [0.1, 0.15) is 11.6 Å². The normalized spacial score (nSPS) is 17.6. The van der Waals surface area contributed by atoms with E-state index in [1.807, 2.05) is 24.3 Å². The lowest BCUT2D eigenvalue weighted by Gasteiger charge is -2.39. The Balaban J connectivity index is 0.00000190. The van der Waals surface area contributed by atoms with Crippen molar-refractivity contribution in [2.75, 3.05) is 26.2 Å². The molecule has 1 aliphatic heterocycles. The Morgan fingerprint density at radius 1 is 0.811 bits per heavy atom. The maximum absolute atomic E-state index is 13.9. The van der Waals surface area contributed by atoms with Gasteiger partial charge >= 0.3 is 0 Å². The van der Waals surface area contributed by atoms with Gasteiger partial charge in [0.2, 0.25) is 0 Å². The summed E-state index contributed by atoms with van der Waals surface area (Å²) in [5.74, 6) is -0.509. The summed E-state index contributed by atoms with van der Waals surface area (Å²) < 4.78 is 27.8. The van der Waals surface area contributed by atoms with Crippen LogP contribution in [0, 0.1) is 25.5 Å². The molecule has 3 aromatic carbocycles. The van der Waals surface area contributed by atoms with E-state index in [0.29, 0.717) is 0 Å². The van der Waals surface area contributed by atoms with Crippen LogP contribution in [0.25, 0.3) is 5.57 Å². The maximum Gasteiger partial charge on any atom is 0.123 e. The standard InChI is InChI=1S/C31H34F2N2.2ClH/c1-21-18-22(2)28-5-3-4-25(29(28)19-21)20-30(35-16-14-34-15-17-35)31(23-6-10-26(32)11-7-23)24-8-12-27(33)13-9-24;;/h6-13,18-20,30-31,34H,3-5,14-17H2,1-2H3;2*1H. The molecule has 0 saturated carbocycles. The molecule has 1 unspecified atom stereocenters. The number of rotatable bonds is 5. The van der Waals surface area contributed by atoms with E-state index in [9.17, 15) is 8.78 Å². The predicted molar refractivity (Wildman–Crippen MR) is 154 cm³/mol. The molecule has 0 bridgehead atoms. The zero-order chi connectivity index (χ0) is 24.4. The van der Waals surface area contributed by atoms with Crippen molar-refractivity contribution >= 4 is 30.4 Å². The van der Waals surface area contributed by atoms with Gasteiger partial charge in [0, 0.05) is 38.1 Å². The SMILES string of the molecule is Cc1cc(C)c2c(c1)C(=CC(C(c1ccc(F)cc1)c1ccc(F)cc1)N1CCNCC1)CCC2.Cl.Cl. The Labute approximate surface area is 232 Å². The Hall–Kier alpha value is -2.24. The molecule has 1 aliphatic carbocycles. The van der Waals surface area contributed by atoms with Gasteiger partial charge in [-0.3, -0.25) is 4.90 Å². The first-order valence-corrected chi connectivity index (χ1v) is 12.8. The molecule has 1 N–H and O–H groups in total. The average Bonchev–Trinajstić information content (AvgIpc) is 2.86. The largest absolute Gasteiger partial charge is 0.314 e. The van der Waals surface area contributed by atoms with E-state index in [0.717, 1.165) is 56.6 Å². The molecule has 2 nitrogen and oxygen atoms in total. The van der Waals surface area contributed by atoms with E-state index in [2.05, 4.69) is 42.3 Å². The third-order valence-corrected chi connectivity index (χ3v) is 7.58. The summed E-state index contributed by atoms with van der Waals surface area (Å²) in [4.78, 5) is 2.54. The van der Waals surface area contributed by atoms with Crippen LogP contribution in [0.3, 0.4) is 0 Å². The zero-order valence-electron chi connectivity index (χ0n) is 21.5. The molecule has 1 fully saturated rings. The van der Waals surface area contributed by atoms with Crippen LogP contribution in [0.2, 0.25) is 0 Å². The molecular formula is C31H36Cl2F2N2. The molecule has 1 atom stereocenters. The fourth-order valence-corrected chi connectivity index (χ4v) is 5.91. The number of fused-ring (bicyclic) bond motifs is 1. The summed E-state index contributed by atoms with van der Waals surface area (Å²) in [6, 6.07) is 18.4. The number of halogens is 4. The smallest absolute Gasteiger partial charge is 0.123 e. The van der Waals surface area contributed by atoms with Crippen LogP contribution in [0.4, 0.5) is 8.78 Å². The van der Waals surface area contributed by atoms with Gasteiger partial charge < -0.3 is 5.32 Å². The van der Waals surface area contributed by atoms with E-state index in [1.54, 1.807) is 0 Å². The van der Waals surface area contributed by atoms with Crippen molar-refractivity contribution in [1.82, 2.24) is 10.2 Å². The highest BCUT2D eigenvalue weighted by molar-refractivity contribution is 5.85. The van der Waals surface area contributed by atoms with E-state index in [1.165, 1.54) is 52.1 Å². The number of nitrogens with zero attached hydrogens (tertiary/aromatic N) is 1. The van der Waals surface area contributed by atoms with Gasteiger partial charge in [-0.2, -0.15) is 0 Å². The molecule has 3 aromatic rings. The van der Waals surface area contributed by atoms with Crippen LogP contribution < -0.4 is 5.32 Å². The molecule has 0 amide bonds. The number of aryl methyl sites for hydroxylation is 2. The summed E-state index contributed by atoms with van der Waals surface area (Å²) in [5, 5.41) is 3.48. The molecule has 2 aliphatic rings. The minimum atomic E-state index is -0.240. The lowest BCUT2D eigenvalue weighted by molar-refractivity contribution is 0.189. The van der Waals surface area contributed by atoms with Gasteiger partial charge in [0.05, 0.1) is 0 Å². The molecule has 1 saturated heterocycles. The minimum Gasteiger partial charge on any atom is -0.314 e. The first-order chi connectivity index (χ1) is 17.0. The fraction of sp³-hybridized carbons (Fsp3) is 0.355. The number of hydrogen-bond acceptors (Lipinski definition) is 2. The van der Waals surface area contributed by atoms with Crippen LogP contribution in [0.5, 0.6) is 0 Å². The summed E-state index contributed by atoms with van der Waals surface area (Å²) in [6.07, 6.45) is 5.79. The molecule has 0 aromatic heterocycles. The second kappa shape index (κ2) is 13.0. The molecular weight excluding hydrogens is 509 g/mol. The van der Waals surface area contributed by atoms with Crippen molar-refractivity contribution in [3.8, 4) is 0 Å². The van der Waals surface area contributed by atoms with Crippen LogP contribution in [0.15, 0.2) is 66.7 Å². The molecule has 5 rings (SSSR count). The van der Waals surface area contributed by atoms with Crippen LogP contribution in [-0.4, -0.2) is 37.1 Å². The number of piperazine rings is 1. The Morgan fingerprint density at radius 2 is 1.38 bits per heavy atom. The van der Waals surface area contributed by atoms with Crippen LogP contribution in [-0.2, 0) is 6.42 Å². The molecule has 198 valence electrons. The van der Waals surface area contributed by atoms with Crippen molar-refractivity contribution in [2.24, 2.45) is 0 Å². The first-order valence-electron chi connectivity index (χ1n) is 12.8. The number of benzene rings is 3. The van der Waals surface area contributed by atoms with Crippen LogP contribution in [0.1, 0.15) is 52.1 Å². The summed E-state index contributed by atoms with van der Waals surface area (Å²) in [7, 11) is 0. The van der Waals surface area contributed by atoms with E-state index in [-0.39, 0.29) is 48.4 Å². The van der Waals surface area contributed by atoms with Gasteiger partial charge in [-0.25, -0.2) is 8.78 Å². The number of nitrogens with one attached hydrogen (secondary N) is 1. The van der Waals surface area contributed by atoms with Gasteiger partial charge in [-0.15, -0.1) is 24.8 Å². The average molecular weight is 546 g/mol. The summed E-state index contributed by atoms with van der Waals surface area (Å²) >= 11 is 0. The van der Waals surface area contributed by atoms with Crippen molar-refractivity contribution < 1.29 is 8.78 Å². The molecule has 0 spiro atoms. The summed E-state index contributed by atoms with van der Waals surface area (Å²) in [6.45, 7) is 8.15. The molecule has 37 heavy (non-hydrogen) atoms. The first kappa shape index (κ1) is 29.3. The Bertz CT molecular complexity index is 1160. The second-order valence-corrected chi connectivity index (χ2v) is 10.0. The van der Waals surface area contributed by atoms with Crippen LogP contribution >= 0.6 is 24.8 Å². The van der Waals surface area contributed by atoms with E-state index >= 15 is 0 Å². The topological polar surface area (TPSA) is 15.3 Å². The lowest BCUT2D eigenvalue weighted by atomic mass is 9.79. The van der Waals surface area contributed by atoms with Gasteiger partial charge in [-0.1, -0.05) is 48.0 Å². The fourth-order valence-electron chi connectivity index (χ4n) is 5.91. The quantitative estimate of drug-likeness (QED) is 0.363. The van der Waals surface area contributed by atoms with Gasteiger partial charge in [0.15, 0.2) is 0 Å². The number of allylic oxidation sites excluding steroid dienone is 1. The maximum atomic E-state index is 13.9. The van der Waals surface area contributed by atoms with E-state index < -0.39 is 0 Å². The second-order valence-electron chi connectivity index (χ2n) is 10.0. The molecule has 6 heteroatoms.